The molecule has 1 N–H and O–H groups in total. The third-order valence-electron chi connectivity index (χ3n) is 3.90. The highest BCUT2D eigenvalue weighted by Gasteiger charge is 2.47. The summed E-state index contributed by atoms with van der Waals surface area (Å²) in [5.74, 6) is 0.556. The lowest BCUT2D eigenvalue weighted by molar-refractivity contribution is -0.0536. The fraction of sp³-hybridized carbons (Fsp3) is 0.917. The van der Waals surface area contributed by atoms with Gasteiger partial charge in [0.2, 0.25) is 0 Å². The van der Waals surface area contributed by atoms with Gasteiger partial charge in [0.15, 0.2) is 0 Å². The van der Waals surface area contributed by atoms with Gasteiger partial charge in [0.05, 0.1) is 23.7 Å². The zero-order valence-electron chi connectivity index (χ0n) is 9.28. The number of aliphatic hydroxyl groups excluding tert-OH is 1. The lowest BCUT2D eigenvalue weighted by atomic mass is 9.78. The summed E-state index contributed by atoms with van der Waals surface area (Å²) < 4.78 is 5.49. The average Bonchev–Trinajstić information content (AvgIpc) is 2.86. The van der Waals surface area contributed by atoms with E-state index in [1.54, 1.807) is 0 Å². The van der Waals surface area contributed by atoms with Crippen molar-refractivity contribution < 1.29 is 9.84 Å². The van der Waals surface area contributed by atoms with Crippen LogP contribution in [0.3, 0.4) is 0 Å². The summed E-state index contributed by atoms with van der Waals surface area (Å²) in [4.78, 5) is 0. The van der Waals surface area contributed by atoms with Crippen LogP contribution >= 0.6 is 0 Å². The van der Waals surface area contributed by atoms with Gasteiger partial charge in [0.1, 0.15) is 0 Å². The van der Waals surface area contributed by atoms with E-state index in [9.17, 15) is 10.4 Å². The molecule has 1 saturated heterocycles. The van der Waals surface area contributed by atoms with Gasteiger partial charge < -0.3 is 9.84 Å². The second-order valence-electron chi connectivity index (χ2n) is 5.11. The van der Waals surface area contributed by atoms with E-state index in [0.717, 1.165) is 38.7 Å². The first-order valence-corrected chi connectivity index (χ1v) is 5.89. The SMILES string of the molecule is CC1CCC(C#N)(C(O)C2CCCO2)C1. The minimum atomic E-state index is -0.588. The Morgan fingerprint density at radius 1 is 1.53 bits per heavy atom. The van der Waals surface area contributed by atoms with E-state index < -0.39 is 11.5 Å². The van der Waals surface area contributed by atoms with E-state index in [-0.39, 0.29) is 6.10 Å². The molecule has 0 amide bonds. The summed E-state index contributed by atoms with van der Waals surface area (Å²) >= 11 is 0. The summed E-state index contributed by atoms with van der Waals surface area (Å²) in [6.45, 7) is 2.89. The quantitative estimate of drug-likeness (QED) is 0.755. The summed E-state index contributed by atoms with van der Waals surface area (Å²) in [6, 6.07) is 2.35. The van der Waals surface area contributed by atoms with Crippen molar-refractivity contribution in [1.82, 2.24) is 0 Å². The van der Waals surface area contributed by atoms with Gasteiger partial charge in [-0.1, -0.05) is 6.92 Å². The number of ether oxygens (including phenoxy) is 1. The molecule has 84 valence electrons. The molecule has 1 saturated carbocycles. The first-order chi connectivity index (χ1) is 7.18. The molecule has 2 rings (SSSR count). The Balaban J connectivity index is 2.09. The van der Waals surface area contributed by atoms with Gasteiger partial charge in [-0.2, -0.15) is 5.26 Å². The number of hydrogen-bond donors (Lipinski definition) is 1. The van der Waals surface area contributed by atoms with Gasteiger partial charge in [-0.05, 0) is 38.0 Å². The number of rotatable bonds is 2. The monoisotopic (exact) mass is 209 g/mol. The van der Waals surface area contributed by atoms with E-state index in [1.807, 2.05) is 0 Å². The van der Waals surface area contributed by atoms with Crippen molar-refractivity contribution in [2.45, 2.75) is 51.2 Å². The van der Waals surface area contributed by atoms with Crippen molar-refractivity contribution in [2.75, 3.05) is 6.61 Å². The third-order valence-corrected chi connectivity index (χ3v) is 3.90. The molecule has 15 heavy (non-hydrogen) atoms. The lowest BCUT2D eigenvalue weighted by Gasteiger charge is -2.31. The standard InChI is InChI=1S/C12H19NO2/c1-9-4-5-12(7-9,8-13)11(14)10-3-2-6-15-10/h9-11,14H,2-7H2,1H3. The van der Waals surface area contributed by atoms with Crippen molar-refractivity contribution >= 4 is 0 Å². The molecule has 0 spiro atoms. The Labute approximate surface area is 91.0 Å². The zero-order chi connectivity index (χ0) is 10.9. The molecule has 1 aliphatic heterocycles. The van der Waals surface area contributed by atoms with Crippen molar-refractivity contribution in [3.63, 3.8) is 0 Å². The van der Waals surface area contributed by atoms with Crippen molar-refractivity contribution in [3.05, 3.63) is 0 Å². The maximum Gasteiger partial charge on any atom is 0.0987 e. The van der Waals surface area contributed by atoms with Gasteiger partial charge >= 0.3 is 0 Å². The van der Waals surface area contributed by atoms with E-state index in [0.29, 0.717) is 5.92 Å². The molecule has 0 aromatic carbocycles. The molecular weight excluding hydrogens is 190 g/mol. The number of aliphatic hydroxyl groups is 1. The van der Waals surface area contributed by atoms with Gasteiger partial charge in [-0.15, -0.1) is 0 Å². The van der Waals surface area contributed by atoms with Crippen LogP contribution in [0, 0.1) is 22.7 Å². The molecule has 4 atom stereocenters. The molecule has 0 aromatic heterocycles. The lowest BCUT2D eigenvalue weighted by Crippen LogP contribution is -2.40. The summed E-state index contributed by atoms with van der Waals surface area (Å²) in [5, 5.41) is 19.6. The van der Waals surface area contributed by atoms with Crippen LogP contribution in [0.5, 0.6) is 0 Å². The summed E-state index contributed by atoms with van der Waals surface area (Å²) in [6.07, 6.45) is 3.93. The van der Waals surface area contributed by atoms with Gasteiger partial charge in [-0.3, -0.25) is 0 Å². The topological polar surface area (TPSA) is 53.2 Å². The molecule has 4 unspecified atom stereocenters. The largest absolute Gasteiger partial charge is 0.389 e. The van der Waals surface area contributed by atoms with Crippen LogP contribution in [-0.4, -0.2) is 23.9 Å². The first-order valence-electron chi connectivity index (χ1n) is 5.89. The van der Waals surface area contributed by atoms with Crippen molar-refractivity contribution in [3.8, 4) is 6.07 Å². The smallest absolute Gasteiger partial charge is 0.0987 e. The molecule has 3 heteroatoms. The minimum absolute atomic E-state index is 0.102. The Morgan fingerprint density at radius 2 is 2.33 bits per heavy atom. The molecule has 2 aliphatic rings. The van der Waals surface area contributed by atoms with E-state index >= 15 is 0 Å². The maximum absolute atomic E-state index is 10.3. The number of nitriles is 1. The van der Waals surface area contributed by atoms with Crippen molar-refractivity contribution in [1.29, 1.82) is 5.26 Å². The summed E-state index contributed by atoms with van der Waals surface area (Å²) in [5.41, 5.74) is -0.533. The minimum Gasteiger partial charge on any atom is -0.389 e. The van der Waals surface area contributed by atoms with E-state index in [1.165, 1.54) is 0 Å². The molecule has 0 radical (unpaired) electrons. The normalized spacial score (nSPS) is 42.7. The fourth-order valence-corrected chi connectivity index (χ4v) is 2.97. The molecule has 3 nitrogen and oxygen atoms in total. The molecular formula is C12H19NO2. The third kappa shape index (κ3) is 1.89. The van der Waals surface area contributed by atoms with Crippen LogP contribution in [0.15, 0.2) is 0 Å². The second-order valence-corrected chi connectivity index (χ2v) is 5.11. The van der Waals surface area contributed by atoms with Crippen LogP contribution in [0.1, 0.15) is 39.0 Å². The second kappa shape index (κ2) is 4.11. The average molecular weight is 209 g/mol. The Hall–Kier alpha value is -0.590. The van der Waals surface area contributed by atoms with Gasteiger partial charge in [0.25, 0.3) is 0 Å². The zero-order valence-corrected chi connectivity index (χ0v) is 9.28. The maximum atomic E-state index is 10.3. The fourth-order valence-electron chi connectivity index (χ4n) is 2.97. The van der Waals surface area contributed by atoms with Gasteiger partial charge in [-0.25, -0.2) is 0 Å². The molecule has 0 aromatic rings. The van der Waals surface area contributed by atoms with Crippen molar-refractivity contribution in [2.24, 2.45) is 11.3 Å². The predicted molar refractivity (Wildman–Crippen MR) is 56.0 cm³/mol. The van der Waals surface area contributed by atoms with Crippen LogP contribution in [0.2, 0.25) is 0 Å². The van der Waals surface area contributed by atoms with Gasteiger partial charge in [0, 0.05) is 6.61 Å². The number of hydrogen-bond acceptors (Lipinski definition) is 3. The molecule has 2 fully saturated rings. The van der Waals surface area contributed by atoms with Crippen LogP contribution < -0.4 is 0 Å². The highest BCUT2D eigenvalue weighted by Crippen LogP contribution is 2.46. The molecule has 0 bridgehead atoms. The summed E-state index contributed by atoms with van der Waals surface area (Å²) in [7, 11) is 0. The van der Waals surface area contributed by atoms with Crippen LogP contribution in [0.4, 0.5) is 0 Å². The Bertz CT molecular complexity index is 267. The highest BCUT2D eigenvalue weighted by atomic mass is 16.5. The number of nitrogens with zero attached hydrogens (tertiary/aromatic N) is 1. The van der Waals surface area contributed by atoms with E-state index in [4.69, 9.17) is 4.74 Å². The molecule has 1 heterocycles. The first kappa shape index (κ1) is 10.9. The predicted octanol–water partition coefficient (Wildman–Crippen LogP) is 1.86. The van der Waals surface area contributed by atoms with Crippen LogP contribution in [0.25, 0.3) is 0 Å². The Morgan fingerprint density at radius 3 is 2.80 bits per heavy atom. The van der Waals surface area contributed by atoms with Crippen LogP contribution in [-0.2, 0) is 4.74 Å². The highest BCUT2D eigenvalue weighted by molar-refractivity contribution is 5.09. The van der Waals surface area contributed by atoms with E-state index in [2.05, 4.69) is 13.0 Å². The Kier molecular flexibility index (Phi) is 2.99. The molecule has 1 aliphatic carbocycles.